The summed E-state index contributed by atoms with van der Waals surface area (Å²) < 4.78 is 19.7. The molecule has 274 valence electrons. The quantitative estimate of drug-likeness (QED) is 0.163. The Balaban J connectivity index is 1.45. The van der Waals surface area contributed by atoms with Gasteiger partial charge in [-0.3, -0.25) is 4.79 Å². The minimum Gasteiger partial charge on any atom is -0.468 e. The lowest BCUT2D eigenvalue weighted by Gasteiger charge is -2.38. The fourth-order valence-corrected chi connectivity index (χ4v) is 9.82. The van der Waals surface area contributed by atoms with Gasteiger partial charge in [0, 0.05) is 17.4 Å². The monoisotopic (exact) mass is 691 g/mol. The van der Waals surface area contributed by atoms with Crippen molar-refractivity contribution in [1.82, 2.24) is 5.32 Å². The van der Waals surface area contributed by atoms with Crippen LogP contribution in [-0.2, 0) is 19.0 Å². The van der Waals surface area contributed by atoms with Gasteiger partial charge in [0.15, 0.2) is 6.29 Å². The van der Waals surface area contributed by atoms with Crippen molar-refractivity contribution < 1.29 is 34.3 Å². The van der Waals surface area contributed by atoms with E-state index in [0.717, 1.165) is 70.0 Å². The lowest BCUT2D eigenvalue weighted by Crippen LogP contribution is -2.50. The largest absolute Gasteiger partial charge is 0.468 e. The van der Waals surface area contributed by atoms with Crippen molar-refractivity contribution in [3.05, 3.63) is 23.7 Å². The van der Waals surface area contributed by atoms with Gasteiger partial charge in [0.25, 0.3) is 0 Å². The Kier molecular flexibility index (Phi) is 12.4. The summed E-state index contributed by atoms with van der Waals surface area (Å²) in [6.07, 6.45) is 11.3. The Morgan fingerprint density at radius 3 is 2.02 bits per heavy atom. The molecule has 0 aromatic heterocycles. The molecule has 0 aromatic rings. The first-order valence-electron chi connectivity index (χ1n) is 19.0. The van der Waals surface area contributed by atoms with Crippen molar-refractivity contribution in [3.63, 3.8) is 0 Å². The van der Waals surface area contributed by atoms with Crippen LogP contribution in [0.4, 0.5) is 0 Å². The highest BCUT2D eigenvalue weighted by molar-refractivity contribution is 8.00. The van der Waals surface area contributed by atoms with E-state index < -0.39 is 11.7 Å². The van der Waals surface area contributed by atoms with E-state index >= 15 is 0 Å². The summed E-state index contributed by atoms with van der Waals surface area (Å²) in [6, 6.07) is -0.229. The molecule has 5 rings (SSSR count). The van der Waals surface area contributed by atoms with E-state index in [1.165, 1.54) is 0 Å². The molecule has 0 aromatic carbocycles. The normalized spacial score (nSPS) is 41.5. The zero-order valence-electron chi connectivity index (χ0n) is 30.8. The van der Waals surface area contributed by atoms with E-state index in [4.69, 9.17) is 14.2 Å². The molecule has 0 amide bonds. The second-order valence-electron chi connectivity index (χ2n) is 17.2. The van der Waals surface area contributed by atoms with Crippen molar-refractivity contribution >= 4 is 17.7 Å². The zero-order valence-corrected chi connectivity index (χ0v) is 31.6. The number of fused-ring (bicyclic) bond motifs is 1. The second-order valence-corrected chi connectivity index (χ2v) is 18.5. The van der Waals surface area contributed by atoms with Gasteiger partial charge in [0.05, 0.1) is 41.6 Å². The van der Waals surface area contributed by atoms with Gasteiger partial charge >= 0.3 is 5.97 Å². The third kappa shape index (κ3) is 8.67. The summed E-state index contributed by atoms with van der Waals surface area (Å²) in [5.41, 5.74) is -0.787. The third-order valence-electron chi connectivity index (χ3n) is 12.9. The Hall–Kier alpha value is -1.10. The van der Waals surface area contributed by atoms with Crippen LogP contribution in [0.1, 0.15) is 120 Å². The first-order valence-corrected chi connectivity index (χ1v) is 20.0. The van der Waals surface area contributed by atoms with Crippen molar-refractivity contribution in [2.75, 3.05) is 5.75 Å². The van der Waals surface area contributed by atoms with E-state index in [2.05, 4.69) is 59.0 Å². The molecule has 4 fully saturated rings. The van der Waals surface area contributed by atoms with Gasteiger partial charge in [-0.2, -0.15) is 0 Å². The number of esters is 1. The number of rotatable bonds is 8. The SMILES string of the molecule is CC(O)C1CCC(C(=O)OC2=CC(C)(C(C)(C)C)C=C(OC(O)C3CCC(C(C)O)CC3)C3NC(C4CC(C)C(C)O4)CCSC23)CC1. The Morgan fingerprint density at radius 2 is 1.48 bits per heavy atom. The average molecular weight is 692 g/mol. The van der Waals surface area contributed by atoms with Gasteiger partial charge in [-0.05, 0) is 126 Å². The second kappa shape index (κ2) is 15.6. The lowest BCUT2D eigenvalue weighted by atomic mass is 9.67. The molecular weight excluding hydrogens is 626 g/mol. The van der Waals surface area contributed by atoms with Crippen LogP contribution in [-0.4, -0.2) is 75.1 Å². The number of ether oxygens (including phenoxy) is 3. The van der Waals surface area contributed by atoms with Crippen molar-refractivity contribution in [1.29, 1.82) is 0 Å². The Bertz CT molecular complexity index is 1140. The van der Waals surface area contributed by atoms with Crippen LogP contribution in [0, 0.1) is 40.4 Å². The van der Waals surface area contributed by atoms with Gasteiger partial charge < -0.3 is 34.8 Å². The van der Waals surface area contributed by atoms with Crippen molar-refractivity contribution in [2.45, 2.75) is 168 Å². The van der Waals surface area contributed by atoms with E-state index in [-0.39, 0.29) is 76.8 Å². The molecule has 48 heavy (non-hydrogen) atoms. The highest BCUT2D eigenvalue weighted by atomic mass is 32.2. The van der Waals surface area contributed by atoms with E-state index in [9.17, 15) is 20.1 Å². The number of thioether (sulfide) groups is 1. The molecule has 0 spiro atoms. The van der Waals surface area contributed by atoms with Crippen LogP contribution in [0.3, 0.4) is 0 Å². The fraction of sp³-hybridized carbons (Fsp3) is 0.872. The molecular formula is C39H65NO7S. The molecule has 4 N–H and O–H groups in total. The maximum Gasteiger partial charge on any atom is 0.314 e. The lowest BCUT2D eigenvalue weighted by molar-refractivity contribution is -0.146. The fourth-order valence-electron chi connectivity index (χ4n) is 8.49. The van der Waals surface area contributed by atoms with E-state index in [0.29, 0.717) is 17.4 Å². The minimum atomic E-state index is -0.972. The number of hydrogen-bond acceptors (Lipinski definition) is 9. The van der Waals surface area contributed by atoms with Crippen LogP contribution >= 0.6 is 11.8 Å². The summed E-state index contributed by atoms with van der Waals surface area (Å²) in [4.78, 5) is 13.9. The highest BCUT2D eigenvalue weighted by Gasteiger charge is 2.47. The predicted molar refractivity (Wildman–Crippen MR) is 191 cm³/mol. The molecule has 0 bridgehead atoms. The first kappa shape index (κ1) is 38.1. The molecule has 2 heterocycles. The smallest absolute Gasteiger partial charge is 0.314 e. The number of aliphatic hydroxyl groups is 3. The van der Waals surface area contributed by atoms with Crippen LogP contribution in [0.2, 0.25) is 0 Å². The summed E-state index contributed by atoms with van der Waals surface area (Å²) in [7, 11) is 0. The predicted octanol–water partition coefficient (Wildman–Crippen LogP) is 6.72. The molecule has 10 unspecified atom stereocenters. The van der Waals surface area contributed by atoms with Gasteiger partial charge in [0.1, 0.15) is 11.5 Å². The summed E-state index contributed by atoms with van der Waals surface area (Å²) in [5.74, 6) is 2.86. The molecule has 5 aliphatic rings. The molecule has 2 saturated carbocycles. The summed E-state index contributed by atoms with van der Waals surface area (Å²) >= 11 is 1.80. The van der Waals surface area contributed by atoms with Gasteiger partial charge in [-0.25, -0.2) is 0 Å². The molecule has 3 aliphatic carbocycles. The maximum absolute atomic E-state index is 13.9. The molecule has 0 radical (unpaired) electrons. The van der Waals surface area contributed by atoms with E-state index in [1.807, 2.05) is 13.8 Å². The molecule has 8 nitrogen and oxygen atoms in total. The number of aliphatic hydroxyl groups excluding tert-OH is 3. The number of carbonyl (C=O) groups is 1. The summed E-state index contributed by atoms with van der Waals surface area (Å²) in [5, 5.41) is 35.7. The maximum atomic E-state index is 13.9. The summed E-state index contributed by atoms with van der Waals surface area (Å²) in [6.45, 7) is 16.9. The van der Waals surface area contributed by atoms with Crippen molar-refractivity contribution in [3.8, 4) is 0 Å². The van der Waals surface area contributed by atoms with Crippen LogP contribution in [0.5, 0.6) is 0 Å². The number of nitrogens with one attached hydrogen (secondary N) is 1. The van der Waals surface area contributed by atoms with Gasteiger partial charge in [0.2, 0.25) is 0 Å². The van der Waals surface area contributed by atoms with Gasteiger partial charge in [-0.15, -0.1) is 11.8 Å². The number of allylic oxidation sites excluding steroid dienone is 2. The van der Waals surface area contributed by atoms with Crippen LogP contribution < -0.4 is 5.32 Å². The van der Waals surface area contributed by atoms with Crippen LogP contribution in [0.15, 0.2) is 23.7 Å². The topological polar surface area (TPSA) is 117 Å². The van der Waals surface area contributed by atoms with Crippen molar-refractivity contribution in [2.24, 2.45) is 40.4 Å². The minimum absolute atomic E-state index is 0.0142. The molecule has 10 atom stereocenters. The average Bonchev–Trinajstić information content (AvgIpc) is 3.17. The van der Waals surface area contributed by atoms with E-state index in [1.54, 1.807) is 11.8 Å². The Labute approximate surface area is 294 Å². The number of hydrogen-bond donors (Lipinski definition) is 4. The third-order valence-corrected chi connectivity index (χ3v) is 14.3. The zero-order chi connectivity index (χ0) is 35.0. The van der Waals surface area contributed by atoms with Gasteiger partial charge in [-0.1, -0.05) is 34.6 Å². The first-order chi connectivity index (χ1) is 22.6. The highest BCUT2D eigenvalue weighted by Crippen LogP contribution is 2.49. The Morgan fingerprint density at radius 1 is 0.917 bits per heavy atom. The molecule has 2 aliphatic heterocycles. The van der Waals surface area contributed by atoms with Crippen LogP contribution in [0.25, 0.3) is 0 Å². The number of carbonyl (C=O) groups excluding carboxylic acids is 1. The molecule has 2 saturated heterocycles. The standard InChI is InChI=1S/C39H65NO7S/c1-22-19-31(45-25(22)4)30-17-18-48-35-33(47-37(44)29-15-11-27(12-16-29)24(3)42)21-39(8,38(5,6)7)20-32(34(35)40-30)46-36(43)28-13-9-26(10-14-28)23(2)41/h20-31,34-36,40-43H,9-19H2,1-8H3. The molecule has 9 heteroatoms.